The molecule has 1 atom stereocenters. The summed E-state index contributed by atoms with van der Waals surface area (Å²) in [6.45, 7) is 6.17. The van der Waals surface area contributed by atoms with Gasteiger partial charge in [0.2, 0.25) is 5.91 Å². The molecule has 7 nitrogen and oxygen atoms in total. The van der Waals surface area contributed by atoms with E-state index >= 15 is 0 Å². The fraction of sp³-hybridized carbons (Fsp3) is 0.579. The highest BCUT2D eigenvalue weighted by atomic mass is 32.2. The Labute approximate surface area is 165 Å². The predicted molar refractivity (Wildman–Crippen MR) is 105 cm³/mol. The normalized spacial score (nSPS) is 16.8. The fourth-order valence-corrected chi connectivity index (χ4v) is 3.65. The van der Waals surface area contributed by atoms with Crippen molar-refractivity contribution in [2.24, 2.45) is 5.92 Å². The van der Waals surface area contributed by atoms with Gasteiger partial charge in [-0.25, -0.2) is 12.8 Å². The highest BCUT2D eigenvalue weighted by Gasteiger charge is 2.31. The lowest BCUT2D eigenvalue weighted by atomic mass is 10.0. The number of hydrogen-bond donors (Lipinski definition) is 1. The van der Waals surface area contributed by atoms with Crippen LogP contribution in [0.4, 0.5) is 4.39 Å². The van der Waals surface area contributed by atoms with Gasteiger partial charge in [-0.2, -0.15) is 0 Å². The van der Waals surface area contributed by atoms with Crippen LogP contribution in [0.5, 0.6) is 0 Å². The molecule has 1 fully saturated rings. The van der Waals surface area contributed by atoms with Crippen molar-refractivity contribution >= 4 is 21.7 Å². The van der Waals surface area contributed by atoms with E-state index in [9.17, 15) is 22.4 Å². The van der Waals surface area contributed by atoms with Gasteiger partial charge in [0.1, 0.15) is 21.7 Å². The lowest BCUT2D eigenvalue weighted by molar-refractivity contribution is -0.136. The molecule has 2 rings (SSSR count). The zero-order valence-electron chi connectivity index (χ0n) is 16.5. The van der Waals surface area contributed by atoms with Gasteiger partial charge in [0.15, 0.2) is 0 Å². The van der Waals surface area contributed by atoms with Crippen molar-refractivity contribution in [2.45, 2.75) is 19.9 Å². The number of nitrogens with zero attached hydrogens (tertiary/aromatic N) is 2. The van der Waals surface area contributed by atoms with Crippen LogP contribution >= 0.6 is 0 Å². The second kappa shape index (κ2) is 9.47. The van der Waals surface area contributed by atoms with Crippen LogP contribution in [0.25, 0.3) is 0 Å². The third-order valence-corrected chi connectivity index (χ3v) is 5.72. The van der Waals surface area contributed by atoms with Gasteiger partial charge in [-0.05, 0) is 18.1 Å². The fourth-order valence-electron chi connectivity index (χ4n) is 3.06. The zero-order chi connectivity index (χ0) is 20.9. The molecular formula is C19H28FN3O4S. The Morgan fingerprint density at radius 2 is 1.75 bits per heavy atom. The molecule has 28 heavy (non-hydrogen) atoms. The first-order valence-electron chi connectivity index (χ1n) is 9.32. The molecule has 1 aromatic rings. The van der Waals surface area contributed by atoms with Crippen LogP contribution in [0.1, 0.15) is 24.2 Å². The van der Waals surface area contributed by atoms with Gasteiger partial charge < -0.3 is 10.2 Å². The van der Waals surface area contributed by atoms with Crippen LogP contribution in [0.3, 0.4) is 0 Å². The van der Waals surface area contributed by atoms with Gasteiger partial charge in [0.25, 0.3) is 5.91 Å². The number of amides is 2. The lowest BCUT2D eigenvalue weighted by Crippen LogP contribution is -2.56. The molecule has 1 N–H and O–H groups in total. The average molecular weight is 414 g/mol. The van der Waals surface area contributed by atoms with Crippen molar-refractivity contribution in [2.75, 3.05) is 44.7 Å². The molecule has 2 amide bonds. The minimum absolute atomic E-state index is 0.0912. The number of carbonyl (C=O) groups excluding carboxylic acids is 2. The number of rotatable bonds is 7. The van der Waals surface area contributed by atoms with Crippen LogP contribution in [-0.4, -0.2) is 80.8 Å². The molecule has 1 aromatic carbocycles. The van der Waals surface area contributed by atoms with E-state index in [0.29, 0.717) is 32.7 Å². The van der Waals surface area contributed by atoms with Crippen molar-refractivity contribution in [3.8, 4) is 0 Å². The number of halogens is 1. The molecule has 1 aliphatic heterocycles. The van der Waals surface area contributed by atoms with Crippen molar-refractivity contribution in [3.63, 3.8) is 0 Å². The minimum atomic E-state index is -3.02. The monoisotopic (exact) mass is 413 g/mol. The van der Waals surface area contributed by atoms with Gasteiger partial charge in [-0.1, -0.05) is 26.0 Å². The second-order valence-corrected chi connectivity index (χ2v) is 9.73. The van der Waals surface area contributed by atoms with Crippen LogP contribution in [0.15, 0.2) is 24.3 Å². The Bertz CT molecular complexity index is 805. The van der Waals surface area contributed by atoms with E-state index in [4.69, 9.17) is 0 Å². The van der Waals surface area contributed by atoms with Gasteiger partial charge in [0.05, 0.1) is 11.3 Å². The second-order valence-electron chi connectivity index (χ2n) is 7.47. The Morgan fingerprint density at radius 3 is 2.29 bits per heavy atom. The molecule has 1 saturated heterocycles. The summed E-state index contributed by atoms with van der Waals surface area (Å²) in [4.78, 5) is 29.0. The number of carbonyl (C=O) groups is 2. The molecule has 0 saturated carbocycles. The van der Waals surface area contributed by atoms with Crippen LogP contribution in [0.2, 0.25) is 0 Å². The van der Waals surface area contributed by atoms with Gasteiger partial charge in [0, 0.05) is 39.0 Å². The number of hydrogen-bond acceptors (Lipinski definition) is 5. The SMILES string of the molecule is CC(C)C(NC(=O)c1ccccc1F)C(=O)N1CCN(CCS(C)(=O)=O)CC1. The standard InChI is InChI=1S/C19H28FN3O4S/c1-14(2)17(21-18(24)15-6-4-5-7-16(15)20)19(25)23-10-8-22(9-11-23)12-13-28(3,26)27/h4-7,14,17H,8-13H2,1-3H3,(H,21,24). The van der Waals surface area contributed by atoms with Crippen molar-refractivity contribution in [1.29, 1.82) is 0 Å². The molecular weight excluding hydrogens is 385 g/mol. The molecule has 1 unspecified atom stereocenters. The van der Waals surface area contributed by atoms with E-state index in [1.54, 1.807) is 11.0 Å². The average Bonchev–Trinajstić information content (AvgIpc) is 2.63. The van der Waals surface area contributed by atoms with Crippen molar-refractivity contribution in [3.05, 3.63) is 35.6 Å². The zero-order valence-corrected chi connectivity index (χ0v) is 17.3. The van der Waals surface area contributed by atoms with Crippen LogP contribution < -0.4 is 5.32 Å². The van der Waals surface area contributed by atoms with E-state index in [0.717, 1.165) is 0 Å². The largest absolute Gasteiger partial charge is 0.340 e. The van der Waals surface area contributed by atoms with Crippen molar-refractivity contribution in [1.82, 2.24) is 15.1 Å². The molecule has 0 aromatic heterocycles. The molecule has 0 aliphatic carbocycles. The lowest BCUT2D eigenvalue weighted by Gasteiger charge is -2.37. The number of sulfone groups is 1. The van der Waals surface area contributed by atoms with Gasteiger partial charge >= 0.3 is 0 Å². The highest BCUT2D eigenvalue weighted by Crippen LogP contribution is 2.12. The van der Waals surface area contributed by atoms with E-state index in [1.165, 1.54) is 24.5 Å². The van der Waals surface area contributed by atoms with Crippen molar-refractivity contribution < 1.29 is 22.4 Å². The maximum absolute atomic E-state index is 13.8. The maximum Gasteiger partial charge on any atom is 0.254 e. The number of benzene rings is 1. The Balaban J connectivity index is 1.96. The summed E-state index contributed by atoms with van der Waals surface area (Å²) in [6.07, 6.45) is 1.21. The summed E-state index contributed by atoms with van der Waals surface area (Å²) in [7, 11) is -3.02. The Hall–Kier alpha value is -2.00. The summed E-state index contributed by atoms with van der Waals surface area (Å²) in [6, 6.07) is 4.90. The first-order valence-corrected chi connectivity index (χ1v) is 11.4. The van der Waals surface area contributed by atoms with Gasteiger partial charge in [-0.3, -0.25) is 14.5 Å². The number of piperazine rings is 1. The van der Waals surface area contributed by atoms with E-state index in [-0.39, 0.29) is 23.1 Å². The smallest absolute Gasteiger partial charge is 0.254 e. The summed E-state index contributed by atoms with van der Waals surface area (Å²) < 4.78 is 36.4. The molecule has 1 heterocycles. The molecule has 0 bridgehead atoms. The summed E-state index contributed by atoms with van der Waals surface area (Å²) in [5.41, 5.74) is -0.0912. The Morgan fingerprint density at radius 1 is 1.14 bits per heavy atom. The summed E-state index contributed by atoms with van der Waals surface area (Å²) >= 11 is 0. The van der Waals surface area contributed by atoms with E-state index < -0.39 is 27.6 Å². The highest BCUT2D eigenvalue weighted by molar-refractivity contribution is 7.90. The summed E-state index contributed by atoms with van der Waals surface area (Å²) in [5, 5.41) is 2.66. The third-order valence-electron chi connectivity index (χ3n) is 4.80. The maximum atomic E-state index is 13.8. The predicted octanol–water partition coefficient (Wildman–Crippen LogP) is 0.769. The first kappa shape index (κ1) is 22.3. The quantitative estimate of drug-likeness (QED) is 0.714. The molecule has 0 radical (unpaired) electrons. The molecule has 156 valence electrons. The first-order chi connectivity index (χ1) is 13.1. The molecule has 9 heteroatoms. The van der Waals surface area contributed by atoms with E-state index in [2.05, 4.69) is 5.32 Å². The Kier molecular flexibility index (Phi) is 7.54. The van der Waals surface area contributed by atoms with Crippen LogP contribution in [0, 0.1) is 11.7 Å². The van der Waals surface area contributed by atoms with E-state index in [1.807, 2.05) is 18.7 Å². The summed E-state index contributed by atoms with van der Waals surface area (Å²) in [5.74, 6) is -1.52. The molecule has 1 aliphatic rings. The topological polar surface area (TPSA) is 86.8 Å². The van der Waals surface area contributed by atoms with Crippen LogP contribution in [-0.2, 0) is 14.6 Å². The van der Waals surface area contributed by atoms with Gasteiger partial charge in [-0.15, -0.1) is 0 Å². The molecule has 0 spiro atoms. The number of nitrogens with one attached hydrogen (secondary N) is 1. The third kappa shape index (κ3) is 6.27. The minimum Gasteiger partial charge on any atom is -0.340 e.